The van der Waals surface area contributed by atoms with Crippen LogP contribution in [0.2, 0.25) is 0 Å². The summed E-state index contributed by atoms with van der Waals surface area (Å²) in [5, 5.41) is 6.22. The Labute approximate surface area is 162 Å². The third-order valence-electron chi connectivity index (χ3n) is 4.09. The molecule has 0 spiro atoms. The van der Waals surface area contributed by atoms with Gasteiger partial charge in [-0.3, -0.25) is 4.79 Å². The molecule has 0 aliphatic heterocycles. The van der Waals surface area contributed by atoms with E-state index >= 15 is 0 Å². The van der Waals surface area contributed by atoms with Crippen LogP contribution in [0, 0.1) is 0 Å². The molecule has 1 aromatic heterocycles. The molecular formula is C20H20N2O3S2. The number of nitrogens with one attached hydrogen (secondary N) is 2. The topological polar surface area (TPSA) is 75.3 Å². The molecule has 5 nitrogen and oxygen atoms in total. The van der Waals surface area contributed by atoms with Crippen molar-refractivity contribution in [3.05, 3.63) is 77.7 Å². The van der Waals surface area contributed by atoms with Crippen molar-refractivity contribution in [2.75, 3.05) is 13.1 Å². The summed E-state index contributed by atoms with van der Waals surface area (Å²) < 4.78 is 27.7. The summed E-state index contributed by atoms with van der Waals surface area (Å²) >= 11 is 1.70. The van der Waals surface area contributed by atoms with Crippen LogP contribution < -0.4 is 10.0 Å². The van der Waals surface area contributed by atoms with Gasteiger partial charge in [0.15, 0.2) is 0 Å². The summed E-state index contributed by atoms with van der Waals surface area (Å²) in [7, 11) is -3.58. The van der Waals surface area contributed by atoms with Crippen LogP contribution in [0.4, 0.5) is 0 Å². The summed E-state index contributed by atoms with van der Waals surface area (Å²) in [4.78, 5) is 12.4. The van der Waals surface area contributed by atoms with Crippen LogP contribution in [-0.2, 0) is 16.4 Å². The zero-order chi connectivity index (χ0) is 19.3. The van der Waals surface area contributed by atoms with Crippen LogP contribution in [0.1, 0.15) is 15.9 Å². The van der Waals surface area contributed by atoms with E-state index in [9.17, 15) is 13.2 Å². The molecule has 140 valence electrons. The van der Waals surface area contributed by atoms with Crippen molar-refractivity contribution in [2.45, 2.75) is 11.3 Å². The van der Waals surface area contributed by atoms with E-state index in [1.165, 1.54) is 46.0 Å². The van der Waals surface area contributed by atoms with Gasteiger partial charge in [0.05, 0.1) is 4.90 Å². The monoisotopic (exact) mass is 400 g/mol. The van der Waals surface area contributed by atoms with Crippen molar-refractivity contribution in [3.8, 4) is 0 Å². The largest absolute Gasteiger partial charge is 0.352 e. The predicted octanol–water partition coefficient (Wildman–Crippen LogP) is 3.34. The smallest absolute Gasteiger partial charge is 0.251 e. The van der Waals surface area contributed by atoms with E-state index in [1.54, 1.807) is 11.3 Å². The first kappa shape index (κ1) is 19.3. The molecule has 0 saturated carbocycles. The molecule has 0 radical (unpaired) electrons. The van der Waals surface area contributed by atoms with Crippen LogP contribution in [-0.4, -0.2) is 27.4 Å². The maximum Gasteiger partial charge on any atom is 0.251 e. The van der Waals surface area contributed by atoms with Gasteiger partial charge in [-0.05, 0) is 53.1 Å². The minimum absolute atomic E-state index is 0.116. The molecule has 0 atom stereocenters. The number of amides is 1. The van der Waals surface area contributed by atoms with Gasteiger partial charge in [0.25, 0.3) is 5.91 Å². The maximum absolute atomic E-state index is 12.3. The van der Waals surface area contributed by atoms with E-state index in [1.807, 2.05) is 12.1 Å². The average molecular weight is 401 g/mol. The molecule has 27 heavy (non-hydrogen) atoms. The third-order valence-corrected chi connectivity index (χ3v) is 6.54. The first-order valence-electron chi connectivity index (χ1n) is 8.45. The van der Waals surface area contributed by atoms with Gasteiger partial charge in [0, 0.05) is 23.4 Å². The number of thiophene rings is 1. The summed E-state index contributed by atoms with van der Waals surface area (Å²) in [5.41, 5.74) is 1.64. The van der Waals surface area contributed by atoms with E-state index in [0.29, 0.717) is 12.1 Å². The number of carbonyl (C=O) groups is 1. The van der Waals surface area contributed by atoms with E-state index in [4.69, 9.17) is 0 Å². The molecule has 0 aliphatic rings. The Morgan fingerprint density at radius 1 is 1.11 bits per heavy atom. The first-order valence-corrected chi connectivity index (χ1v) is 10.8. The predicted molar refractivity (Wildman–Crippen MR) is 110 cm³/mol. The second kappa shape index (κ2) is 8.47. The lowest BCUT2D eigenvalue weighted by Crippen LogP contribution is -2.26. The highest BCUT2D eigenvalue weighted by Gasteiger charge is 2.14. The normalized spacial score (nSPS) is 11.4. The van der Waals surface area contributed by atoms with Gasteiger partial charge >= 0.3 is 0 Å². The fourth-order valence-electron chi connectivity index (χ4n) is 2.68. The Bertz CT molecular complexity index is 1050. The minimum atomic E-state index is -3.58. The summed E-state index contributed by atoms with van der Waals surface area (Å²) in [6, 6.07) is 14.1. The Balaban J connectivity index is 1.59. The number of sulfonamides is 1. The van der Waals surface area contributed by atoms with Crippen molar-refractivity contribution in [1.82, 2.24) is 10.0 Å². The van der Waals surface area contributed by atoms with Crippen LogP contribution in [0.25, 0.3) is 10.1 Å². The lowest BCUT2D eigenvalue weighted by molar-refractivity contribution is 0.0954. The van der Waals surface area contributed by atoms with Gasteiger partial charge in [0.2, 0.25) is 10.0 Å². The van der Waals surface area contributed by atoms with Gasteiger partial charge in [0.1, 0.15) is 0 Å². The first-order chi connectivity index (χ1) is 13.0. The molecule has 0 bridgehead atoms. The van der Waals surface area contributed by atoms with E-state index in [2.05, 4.69) is 34.1 Å². The number of hydrogen-bond acceptors (Lipinski definition) is 4. The van der Waals surface area contributed by atoms with E-state index in [0.717, 1.165) is 6.42 Å². The van der Waals surface area contributed by atoms with Gasteiger partial charge in [-0.25, -0.2) is 13.1 Å². The van der Waals surface area contributed by atoms with Gasteiger partial charge in [-0.1, -0.05) is 24.3 Å². The minimum Gasteiger partial charge on any atom is -0.352 e. The molecule has 3 aromatic rings. The highest BCUT2D eigenvalue weighted by atomic mass is 32.2. The summed E-state index contributed by atoms with van der Waals surface area (Å²) in [5.74, 6) is -0.225. The fourth-order valence-corrected chi connectivity index (χ4v) is 4.67. The Hall–Kier alpha value is -2.48. The molecule has 7 heteroatoms. The van der Waals surface area contributed by atoms with Gasteiger partial charge in [-0.15, -0.1) is 17.9 Å². The van der Waals surface area contributed by atoms with Crippen LogP contribution in [0.3, 0.4) is 0 Å². The SMILES string of the molecule is C=CCNS(=O)(=O)c1ccc(C(=O)NCCc2csc3ccccc23)cc1. The van der Waals surface area contributed by atoms with Gasteiger partial charge < -0.3 is 5.32 Å². The van der Waals surface area contributed by atoms with E-state index < -0.39 is 10.0 Å². The molecule has 0 aliphatic carbocycles. The van der Waals surface area contributed by atoms with Crippen molar-refractivity contribution in [1.29, 1.82) is 0 Å². The van der Waals surface area contributed by atoms with E-state index in [-0.39, 0.29) is 17.3 Å². The molecule has 2 N–H and O–H groups in total. The highest BCUT2D eigenvalue weighted by molar-refractivity contribution is 7.89. The second-order valence-electron chi connectivity index (χ2n) is 5.93. The molecule has 0 saturated heterocycles. The van der Waals surface area contributed by atoms with Gasteiger partial charge in [-0.2, -0.15) is 0 Å². The molecule has 1 heterocycles. The number of fused-ring (bicyclic) bond motifs is 1. The average Bonchev–Trinajstić information content (AvgIpc) is 3.10. The Morgan fingerprint density at radius 2 is 1.85 bits per heavy atom. The zero-order valence-electron chi connectivity index (χ0n) is 14.6. The van der Waals surface area contributed by atoms with Crippen LogP contribution in [0.5, 0.6) is 0 Å². The number of carbonyl (C=O) groups excluding carboxylic acids is 1. The van der Waals surface area contributed by atoms with Crippen molar-refractivity contribution < 1.29 is 13.2 Å². The maximum atomic E-state index is 12.3. The van der Waals surface area contributed by atoms with Crippen molar-refractivity contribution >= 4 is 37.4 Å². The molecule has 1 amide bonds. The number of rotatable bonds is 8. The quantitative estimate of drug-likeness (QED) is 0.570. The van der Waals surface area contributed by atoms with Crippen LogP contribution in [0.15, 0.2) is 71.5 Å². The highest BCUT2D eigenvalue weighted by Crippen LogP contribution is 2.25. The third kappa shape index (κ3) is 4.63. The van der Waals surface area contributed by atoms with Crippen LogP contribution >= 0.6 is 11.3 Å². The van der Waals surface area contributed by atoms with Crippen molar-refractivity contribution in [3.63, 3.8) is 0 Å². The Kier molecular flexibility index (Phi) is 6.05. The number of hydrogen-bond donors (Lipinski definition) is 2. The second-order valence-corrected chi connectivity index (χ2v) is 8.61. The lowest BCUT2D eigenvalue weighted by atomic mass is 10.1. The number of benzene rings is 2. The zero-order valence-corrected chi connectivity index (χ0v) is 16.3. The van der Waals surface area contributed by atoms with Crippen molar-refractivity contribution in [2.24, 2.45) is 0 Å². The summed E-state index contributed by atoms with van der Waals surface area (Å²) in [6.07, 6.45) is 2.21. The molecular weight excluding hydrogens is 380 g/mol. The molecule has 0 unspecified atom stereocenters. The molecule has 0 fully saturated rings. The fraction of sp³-hybridized carbons (Fsp3) is 0.150. The lowest BCUT2D eigenvalue weighted by Gasteiger charge is -2.07. The Morgan fingerprint density at radius 3 is 2.59 bits per heavy atom. The standard InChI is InChI=1S/C20H20N2O3S2/c1-2-12-22-27(24,25)17-9-7-15(8-10-17)20(23)21-13-11-16-14-26-19-6-4-3-5-18(16)19/h2-10,14,22H,1,11-13H2,(H,21,23). The summed E-state index contributed by atoms with van der Waals surface area (Å²) in [6.45, 7) is 4.15. The molecule has 3 rings (SSSR count). The molecule has 2 aromatic carbocycles.